The van der Waals surface area contributed by atoms with E-state index in [-0.39, 0.29) is 5.75 Å². The maximum atomic E-state index is 9.88. The average Bonchev–Trinajstić information content (AvgIpc) is 2.92. The quantitative estimate of drug-likeness (QED) is 0.813. The number of phenols is 1. The third-order valence-corrected chi connectivity index (χ3v) is 3.39. The van der Waals surface area contributed by atoms with Crippen LogP contribution in [-0.4, -0.2) is 17.9 Å². The van der Waals surface area contributed by atoms with Crippen molar-refractivity contribution in [2.45, 2.75) is 19.9 Å². The van der Waals surface area contributed by atoms with E-state index in [1.807, 2.05) is 36.6 Å². The van der Waals surface area contributed by atoms with Crippen LogP contribution in [0.25, 0.3) is 0 Å². The van der Waals surface area contributed by atoms with E-state index >= 15 is 0 Å². The van der Waals surface area contributed by atoms with Crippen molar-refractivity contribution in [3.05, 3.63) is 46.2 Å². The molecular weight excluding hydrogens is 258 g/mol. The molecular formula is C15H17NO2S. The second-order valence-corrected chi connectivity index (χ2v) is 5.15. The van der Waals surface area contributed by atoms with Crippen molar-refractivity contribution in [2.75, 3.05) is 6.61 Å². The Hall–Kier alpha value is -1.81. The summed E-state index contributed by atoms with van der Waals surface area (Å²) in [4.78, 5) is 5.53. The number of benzene rings is 1. The van der Waals surface area contributed by atoms with Crippen LogP contribution >= 0.6 is 11.3 Å². The number of hydrogen-bond acceptors (Lipinski definition) is 4. The van der Waals surface area contributed by atoms with E-state index in [2.05, 4.69) is 4.99 Å². The SMILES string of the molecule is CCCOc1ccc(C=NCc2cccs2)c(O)c1. The maximum absolute atomic E-state index is 9.88. The van der Waals surface area contributed by atoms with Gasteiger partial charge >= 0.3 is 0 Å². The highest BCUT2D eigenvalue weighted by Gasteiger charge is 2.01. The van der Waals surface area contributed by atoms with E-state index in [9.17, 15) is 5.11 Å². The van der Waals surface area contributed by atoms with Crippen molar-refractivity contribution in [3.8, 4) is 11.5 Å². The van der Waals surface area contributed by atoms with Crippen LogP contribution in [0, 0.1) is 0 Å². The number of rotatable bonds is 6. The smallest absolute Gasteiger partial charge is 0.128 e. The minimum Gasteiger partial charge on any atom is -0.507 e. The molecule has 100 valence electrons. The minimum absolute atomic E-state index is 0.198. The average molecular weight is 275 g/mol. The molecule has 0 aliphatic heterocycles. The maximum Gasteiger partial charge on any atom is 0.128 e. The van der Waals surface area contributed by atoms with E-state index in [0.717, 1.165) is 6.42 Å². The Kier molecular flexibility index (Phi) is 4.98. The van der Waals surface area contributed by atoms with Crippen molar-refractivity contribution < 1.29 is 9.84 Å². The zero-order chi connectivity index (χ0) is 13.5. The van der Waals surface area contributed by atoms with E-state index in [0.29, 0.717) is 24.5 Å². The van der Waals surface area contributed by atoms with Gasteiger partial charge < -0.3 is 9.84 Å². The van der Waals surface area contributed by atoms with E-state index in [1.165, 1.54) is 4.88 Å². The third-order valence-electron chi connectivity index (χ3n) is 2.53. The summed E-state index contributed by atoms with van der Waals surface area (Å²) >= 11 is 1.68. The Morgan fingerprint density at radius 3 is 2.95 bits per heavy atom. The molecule has 2 rings (SSSR count). The highest BCUT2D eigenvalue weighted by molar-refractivity contribution is 7.09. The molecule has 0 atom stereocenters. The summed E-state index contributed by atoms with van der Waals surface area (Å²) in [6.45, 7) is 3.35. The molecule has 0 amide bonds. The molecule has 0 aliphatic rings. The highest BCUT2D eigenvalue weighted by atomic mass is 32.1. The van der Waals surface area contributed by atoms with Crippen molar-refractivity contribution in [1.82, 2.24) is 0 Å². The molecule has 0 spiro atoms. The Morgan fingerprint density at radius 2 is 2.26 bits per heavy atom. The highest BCUT2D eigenvalue weighted by Crippen LogP contribution is 2.22. The second-order valence-electron chi connectivity index (χ2n) is 4.12. The zero-order valence-electron chi connectivity index (χ0n) is 10.9. The van der Waals surface area contributed by atoms with Crippen LogP contribution in [0.15, 0.2) is 40.7 Å². The summed E-state index contributed by atoms with van der Waals surface area (Å²) in [5.41, 5.74) is 0.709. The first-order chi connectivity index (χ1) is 9.29. The Morgan fingerprint density at radius 1 is 1.37 bits per heavy atom. The summed E-state index contributed by atoms with van der Waals surface area (Å²) in [6, 6.07) is 9.35. The van der Waals surface area contributed by atoms with Gasteiger partial charge in [0, 0.05) is 22.7 Å². The molecule has 1 heterocycles. The Labute approximate surface area is 117 Å². The third kappa shape index (κ3) is 4.10. The summed E-state index contributed by atoms with van der Waals surface area (Å²) in [6.07, 6.45) is 2.64. The van der Waals surface area contributed by atoms with Crippen LogP contribution in [-0.2, 0) is 6.54 Å². The van der Waals surface area contributed by atoms with Crippen LogP contribution < -0.4 is 4.74 Å². The second kappa shape index (κ2) is 6.95. The number of hydrogen-bond donors (Lipinski definition) is 1. The predicted octanol–water partition coefficient (Wildman–Crippen LogP) is 3.86. The summed E-state index contributed by atoms with van der Waals surface area (Å²) in [5, 5.41) is 11.9. The van der Waals surface area contributed by atoms with E-state index in [1.54, 1.807) is 23.6 Å². The van der Waals surface area contributed by atoms with Gasteiger partial charge in [0.15, 0.2) is 0 Å². The number of ether oxygens (including phenoxy) is 1. The molecule has 19 heavy (non-hydrogen) atoms. The Bertz CT molecular complexity index is 535. The molecule has 0 unspecified atom stereocenters. The number of phenolic OH excluding ortho intramolecular Hbond substituents is 1. The van der Waals surface area contributed by atoms with Gasteiger partial charge in [-0.1, -0.05) is 13.0 Å². The fourth-order valence-electron chi connectivity index (χ4n) is 1.58. The molecule has 0 saturated heterocycles. The molecule has 0 saturated carbocycles. The van der Waals surface area contributed by atoms with Gasteiger partial charge in [0.25, 0.3) is 0 Å². The summed E-state index contributed by atoms with van der Waals surface area (Å²) in [7, 11) is 0. The number of thiophene rings is 1. The van der Waals surface area contributed by atoms with Crippen LogP contribution in [0.3, 0.4) is 0 Å². The van der Waals surface area contributed by atoms with Crippen molar-refractivity contribution in [3.63, 3.8) is 0 Å². The molecule has 2 aromatic rings. The van der Waals surface area contributed by atoms with Crippen LogP contribution in [0.1, 0.15) is 23.8 Å². The first-order valence-electron chi connectivity index (χ1n) is 6.27. The molecule has 0 fully saturated rings. The molecule has 3 nitrogen and oxygen atoms in total. The van der Waals surface area contributed by atoms with Crippen molar-refractivity contribution in [2.24, 2.45) is 4.99 Å². The van der Waals surface area contributed by atoms with E-state index in [4.69, 9.17) is 4.74 Å². The fraction of sp³-hybridized carbons (Fsp3) is 0.267. The van der Waals surface area contributed by atoms with Gasteiger partial charge in [-0.25, -0.2) is 0 Å². The number of aliphatic imine (C=N–C) groups is 1. The standard InChI is InChI=1S/C15H17NO2S/c1-2-7-18-13-6-5-12(15(17)9-13)10-16-11-14-4-3-8-19-14/h3-6,8-10,17H,2,7,11H2,1H3. The Balaban J connectivity index is 1.98. The van der Waals surface area contributed by atoms with Crippen LogP contribution in [0.5, 0.6) is 11.5 Å². The molecule has 1 aromatic carbocycles. The number of aromatic hydroxyl groups is 1. The van der Waals surface area contributed by atoms with Crippen molar-refractivity contribution in [1.29, 1.82) is 0 Å². The monoisotopic (exact) mass is 275 g/mol. The van der Waals surface area contributed by atoms with Gasteiger partial charge in [0.2, 0.25) is 0 Å². The van der Waals surface area contributed by atoms with Gasteiger partial charge in [-0.15, -0.1) is 11.3 Å². The van der Waals surface area contributed by atoms with Crippen LogP contribution in [0.2, 0.25) is 0 Å². The molecule has 0 bridgehead atoms. The number of nitrogens with zero attached hydrogens (tertiary/aromatic N) is 1. The first kappa shape index (κ1) is 13.6. The van der Waals surface area contributed by atoms with Gasteiger partial charge in [0.05, 0.1) is 13.2 Å². The summed E-state index contributed by atoms with van der Waals surface area (Å²) in [5.74, 6) is 0.887. The molecule has 1 N–H and O–H groups in total. The first-order valence-corrected chi connectivity index (χ1v) is 7.15. The van der Waals surface area contributed by atoms with Gasteiger partial charge in [0.1, 0.15) is 11.5 Å². The lowest BCUT2D eigenvalue weighted by molar-refractivity contribution is 0.315. The van der Waals surface area contributed by atoms with Crippen LogP contribution in [0.4, 0.5) is 0 Å². The fourth-order valence-corrected chi connectivity index (χ4v) is 2.22. The lowest BCUT2D eigenvalue weighted by atomic mass is 10.2. The largest absolute Gasteiger partial charge is 0.507 e. The van der Waals surface area contributed by atoms with E-state index < -0.39 is 0 Å². The lowest BCUT2D eigenvalue weighted by Gasteiger charge is -2.06. The summed E-state index contributed by atoms with van der Waals surface area (Å²) < 4.78 is 5.45. The molecule has 4 heteroatoms. The lowest BCUT2D eigenvalue weighted by Crippen LogP contribution is -1.95. The normalized spacial score (nSPS) is 11.0. The van der Waals surface area contributed by atoms with Crippen molar-refractivity contribution >= 4 is 17.6 Å². The van der Waals surface area contributed by atoms with Gasteiger partial charge in [-0.05, 0) is 30.0 Å². The zero-order valence-corrected chi connectivity index (χ0v) is 11.7. The minimum atomic E-state index is 0.198. The predicted molar refractivity (Wildman–Crippen MR) is 79.5 cm³/mol. The molecule has 1 aromatic heterocycles. The molecule has 0 radical (unpaired) electrons. The molecule has 0 aliphatic carbocycles. The van der Waals surface area contributed by atoms with Gasteiger partial charge in [-0.2, -0.15) is 0 Å². The van der Waals surface area contributed by atoms with Gasteiger partial charge in [-0.3, -0.25) is 4.99 Å². The topological polar surface area (TPSA) is 41.8 Å².